The normalized spacial score (nSPS) is 16.7. The van der Waals surface area contributed by atoms with E-state index in [1.807, 2.05) is 54.6 Å². The molecule has 0 saturated carbocycles. The maximum Gasteiger partial charge on any atom is 0.224 e. The van der Waals surface area contributed by atoms with Crippen LogP contribution in [0.15, 0.2) is 127 Å². The first-order valence-electron chi connectivity index (χ1n) is 19.7. The second-order valence-corrected chi connectivity index (χ2v) is 14.7. The van der Waals surface area contributed by atoms with E-state index in [4.69, 9.17) is 15.2 Å². The van der Waals surface area contributed by atoms with Gasteiger partial charge in [-0.25, -0.2) is 0 Å². The monoisotopic (exact) mass is 754 g/mol. The van der Waals surface area contributed by atoms with Crippen LogP contribution < -0.4 is 16.4 Å². The number of nitrogens with zero attached hydrogens (tertiary/aromatic N) is 1. The van der Waals surface area contributed by atoms with Crippen LogP contribution in [0, 0.1) is 0 Å². The van der Waals surface area contributed by atoms with Gasteiger partial charge in [0.05, 0.1) is 30.2 Å². The van der Waals surface area contributed by atoms with E-state index in [-0.39, 0.29) is 30.6 Å². The van der Waals surface area contributed by atoms with Crippen LogP contribution in [-0.4, -0.2) is 41.5 Å². The molecule has 9 nitrogen and oxygen atoms in total. The van der Waals surface area contributed by atoms with Gasteiger partial charge in [-0.15, -0.1) is 0 Å². The average Bonchev–Trinajstić information content (AvgIpc) is 3.22. The SMILES string of the molecule is CN(Cc1ccccc1)C[C@H]1C[C@@H](c2ccc(CO)cc2)O[C@@H](c2ccc(-c3cccc(CNC(=O)CCCCCCC(=O)Nc4ccccc4N)c3)cc2)O1. The van der Waals surface area contributed by atoms with Crippen LogP contribution in [0.25, 0.3) is 11.1 Å². The Labute approximate surface area is 330 Å². The van der Waals surface area contributed by atoms with E-state index in [9.17, 15) is 14.7 Å². The van der Waals surface area contributed by atoms with Crippen molar-refractivity contribution in [2.24, 2.45) is 0 Å². The first kappa shape index (κ1) is 40.3. The summed E-state index contributed by atoms with van der Waals surface area (Å²) in [4.78, 5) is 27.1. The summed E-state index contributed by atoms with van der Waals surface area (Å²) in [5.41, 5.74) is 14.4. The fourth-order valence-electron chi connectivity index (χ4n) is 7.07. The lowest BCUT2D eigenvalue weighted by Gasteiger charge is -2.38. The summed E-state index contributed by atoms with van der Waals surface area (Å²) in [6, 6.07) is 42.2. The van der Waals surface area contributed by atoms with Gasteiger partial charge in [0.1, 0.15) is 0 Å². The maximum absolute atomic E-state index is 12.6. The Balaban J connectivity index is 0.985. The van der Waals surface area contributed by atoms with Crippen molar-refractivity contribution in [1.29, 1.82) is 0 Å². The van der Waals surface area contributed by atoms with Crippen molar-refractivity contribution in [2.75, 3.05) is 24.6 Å². The zero-order chi connectivity index (χ0) is 39.1. The summed E-state index contributed by atoms with van der Waals surface area (Å²) < 4.78 is 13.2. The van der Waals surface area contributed by atoms with E-state index >= 15 is 0 Å². The second kappa shape index (κ2) is 20.6. The van der Waals surface area contributed by atoms with Gasteiger partial charge in [0.2, 0.25) is 11.8 Å². The summed E-state index contributed by atoms with van der Waals surface area (Å²) >= 11 is 0. The molecule has 1 aliphatic rings. The predicted octanol–water partition coefficient (Wildman–Crippen LogP) is 8.70. The van der Waals surface area contributed by atoms with Crippen LogP contribution in [0.1, 0.15) is 85.2 Å². The number of nitrogen functional groups attached to an aromatic ring is 1. The van der Waals surface area contributed by atoms with Gasteiger partial charge in [0.25, 0.3) is 0 Å². The summed E-state index contributed by atoms with van der Waals surface area (Å²) in [6.07, 6.45) is 4.20. The number of amides is 2. The fraction of sp³-hybridized carbons (Fsp3) is 0.319. The lowest BCUT2D eigenvalue weighted by atomic mass is 9.99. The van der Waals surface area contributed by atoms with E-state index in [2.05, 4.69) is 83.2 Å². The molecule has 0 aromatic heterocycles. The van der Waals surface area contributed by atoms with Crippen LogP contribution >= 0.6 is 0 Å². The Bertz CT molecular complexity index is 1990. The van der Waals surface area contributed by atoms with Crippen LogP contribution in [0.4, 0.5) is 11.4 Å². The number of hydrogen-bond acceptors (Lipinski definition) is 7. The second-order valence-electron chi connectivity index (χ2n) is 14.7. The van der Waals surface area contributed by atoms with Crippen LogP contribution in [0.3, 0.4) is 0 Å². The number of hydrogen-bond donors (Lipinski definition) is 4. The number of anilines is 2. The molecule has 5 aromatic rings. The lowest BCUT2D eigenvalue weighted by Crippen LogP contribution is -2.37. The highest BCUT2D eigenvalue weighted by Gasteiger charge is 2.33. The molecule has 0 unspecified atom stereocenters. The minimum Gasteiger partial charge on any atom is -0.397 e. The minimum absolute atomic E-state index is 0.00648. The van der Waals surface area contributed by atoms with Crippen LogP contribution in [-0.2, 0) is 38.8 Å². The number of carbonyl (C=O) groups is 2. The van der Waals surface area contributed by atoms with Gasteiger partial charge in [-0.3, -0.25) is 14.5 Å². The number of carbonyl (C=O) groups excluding carboxylic acids is 2. The third-order valence-electron chi connectivity index (χ3n) is 10.2. The highest BCUT2D eigenvalue weighted by Crippen LogP contribution is 2.38. The molecule has 2 amide bonds. The highest BCUT2D eigenvalue weighted by molar-refractivity contribution is 5.93. The van der Waals surface area contributed by atoms with Gasteiger partial charge in [-0.2, -0.15) is 0 Å². The van der Waals surface area contributed by atoms with Crippen molar-refractivity contribution in [1.82, 2.24) is 10.2 Å². The molecule has 5 N–H and O–H groups in total. The molecule has 292 valence electrons. The van der Waals surface area contributed by atoms with Gasteiger partial charge in [0, 0.05) is 44.5 Å². The molecule has 0 aliphatic carbocycles. The largest absolute Gasteiger partial charge is 0.397 e. The van der Waals surface area contributed by atoms with E-state index in [0.717, 1.165) is 78.6 Å². The van der Waals surface area contributed by atoms with Crippen molar-refractivity contribution < 1.29 is 24.2 Å². The number of aliphatic hydroxyl groups excluding tert-OH is 1. The Morgan fingerprint density at radius 1 is 0.714 bits per heavy atom. The Hall–Kier alpha value is -5.32. The number of unbranched alkanes of at least 4 members (excludes halogenated alkanes) is 3. The van der Waals surface area contributed by atoms with Gasteiger partial charge in [0.15, 0.2) is 6.29 Å². The van der Waals surface area contributed by atoms with E-state index in [1.54, 1.807) is 12.1 Å². The number of aliphatic hydroxyl groups is 1. The van der Waals surface area contributed by atoms with Gasteiger partial charge < -0.3 is 30.9 Å². The zero-order valence-electron chi connectivity index (χ0n) is 32.2. The minimum atomic E-state index is -0.531. The highest BCUT2D eigenvalue weighted by atomic mass is 16.7. The molecule has 1 fully saturated rings. The van der Waals surface area contributed by atoms with Crippen molar-refractivity contribution in [3.8, 4) is 11.1 Å². The molecular weight excluding hydrogens is 701 g/mol. The number of ether oxygens (including phenoxy) is 2. The number of nitrogens with one attached hydrogen (secondary N) is 2. The average molecular weight is 755 g/mol. The molecule has 6 rings (SSSR count). The fourth-order valence-corrected chi connectivity index (χ4v) is 7.07. The molecule has 1 aliphatic heterocycles. The Morgan fingerprint density at radius 3 is 2.12 bits per heavy atom. The Morgan fingerprint density at radius 2 is 1.39 bits per heavy atom. The number of likely N-dealkylation sites (N-methyl/N-ethyl adjacent to an activating group) is 1. The van der Waals surface area contributed by atoms with Crippen LogP contribution in [0.5, 0.6) is 0 Å². The lowest BCUT2D eigenvalue weighted by molar-refractivity contribution is -0.252. The summed E-state index contributed by atoms with van der Waals surface area (Å²) in [5.74, 6) is -0.0224. The predicted molar refractivity (Wildman–Crippen MR) is 222 cm³/mol. The molecule has 0 spiro atoms. The molecule has 56 heavy (non-hydrogen) atoms. The molecule has 1 saturated heterocycles. The van der Waals surface area contributed by atoms with Crippen molar-refractivity contribution in [2.45, 2.75) is 83.1 Å². The van der Waals surface area contributed by atoms with Crippen molar-refractivity contribution >= 4 is 23.2 Å². The summed E-state index contributed by atoms with van der Waals surface area (Å²) in [6.45, 7) is 2.05. The number of rotatable bonds is 18. The summed E-state index contributed by atoms with van der Waals surface area (Å²) in [5, 5.41) is 15.5. The molecule has 3 atom stereocenters. The first-order valence-corrected chi connectivity index (χ1v) is 19.7. The van der Waals surface area contributed by atoms with Gasteiger partial charge >= 0.3 is 0 Å². The molecule has 0 radical (unpaired) electrons. The third kappa shape index (κ3) is 12.1. The molecule has 5 aromatic carbocycles. The van der Waals surface area contributed by atoms with E-state index in [0.29, 0.717) is 30.8 Å². The maximum atomic E-state index is 12.6. The first-order chi connectivity index (χ1) is 27.3. The molecule has 9 heteroatoms. The molecule has 0 bridgehead atoms. The van der Waals surface area contributed by atoms with E-state index in [1.165, 1.54) is 5.56 Å². The quantitative estimate of drug-likeness (QED) is 0.0521. The third-order valence-corrected chi connectivity index (χ3v) is 10.2. The van der Waals surface area contributed by atoms with Crippen LogP contribution in [0.2, 0.25) is 0 Å². The van der Waals surface area contributed by atoms with E-state index < -0.39 is 6.29 Å². The van der Waals surface area contributed by atoms with Crippen molar-refractivity contribution in [3.63, 3.8) is 0 Å². The van der Waals surface area contributed by atoms with Gasteiger partial charge in [-0.1, -0.05) is 122 Å². The number of nitrogens with two attached hydrogens (primary N) is 1. The molecule has 1 heterocycles. The Kier molecular flexibility index (Phi) is 14.8. The van der Waals surface area contributed by atoms with Crippen molar-refractivity contribution in [3.05, 3.63) is 155 Å². The standard InChI is InChI=1S/C47H54N4O5/c1-51(31-34-12-5-4-6-13-34)32-41-29-44(38-22-20-35(33-52)21-23-38)56-47(55-41)39-26-24-37(25-27-39)40-15-11-14-36(28-40)30-49-45(53)18-7-2-3-8-19-46(54)50-43-17-10-9-16-42(43)48/h4-6,9-17,20-28,41,44,47,52H,2-3,7-8,18-19,29-33,48H2,1H3,(H,49,53)(H,50,54)/t41-,44+,47+/m1/s1. The molecular formula is C47H54N4O5. The van der Waals surface area contributed by atoms with Gasteiger partial charge in [-0.05, 0) is 71.5 Å². The topological polar surface area (TPSA) is 126 Å². The number of benzene rings is 5. The number of para-hydroxylation sites is 2. The summed E-state index contributed by atoms with van der Waals surface area (Å²) in [7, 11) is 2.12. The smallest absolute Gasteiger partial charge is 0.224 e. The zero-order valence-corrected chi connectivity index (χ0v) is 32.2.